The number of imidazole rings is 1. The number of rotatable bonds is 5. The van der Waals surface area contributed by atoms with Crippen molar-refractivity contribution in [2.75, 3.05) is 22.9 Å². The number of fused-ring (bicyclic) bond motifs is 1. The second kappa shape index (κ2) is 8.82. The smallest absolute Gasteiger partial charge is 0.344 e. The lowest BCUT2D eigenvalue weighted by molar-refractivity contribution is -0.140. The summed E-state index contributed by atoms with van der Waals surface area (Å²) in [5, 5.41) is 0. The number of alkyl halides is 5. The highest BCUT2D eigenvalue weighted by Crippen LogP contribution is 2.37. The summed E-state index contributed by atoms with van der Waals surface area (Å²) in [5.74, 6) is -1.77. The minimum absolute atomic E-state index is 0.111. The molecule has 1 fully saturated rings. The summed E-state index contributed by atoms with van der Waals surface area (Å²) in [4.78, 5) is 32.8. The van der Waals surface area contributed by atoms with Crippen molar-refractivity contribution in [2.24, 2.45) is 7.05 Å². The number of aryl methyl sites for hydroxylation is 1. The number of carbonyl (C=O) groups excluding carboxylic acids is 1. The summed E-state index contributed by atoms with van der Waals surface area (Å²) in [6, 6.07) is 10.1. The Balaban J connectivity index is 1.26. The topological polar surface area (TPSA) is 80.0 Å². The average molecular weight is 541 g/mol. The molecule has 0 spiro atoms. The molecular weight excluding hydrogens is 521 g/mol. The van der Waals surface area contributed by atoms with Gasteiger partial charge in [-0.1, -0.05) is 24.3 Å². The summed E-state index contributed by atoms with van der Waals surface area (Å²) in [6.07, 6.45) is -0.436. The van der Waals surface area contributed by atoms with E-state index in [1.165, 1.54) is 27.6 Å². The van der Waals surface area contributed by atoms with Crippen LogP contribution in [0.5, 0.6) is 0 Å². The monoisotopic (exact) mass is 541 g/mol. The zero-order valence-corrected chi connectivity index (χ0v) is 20.5. The number of hydrogen-bond donors (Lipinski definition) is 0. The third-order valence-electron chi connectivity index (χ3n) is 6.63. The summed E-state index contributed by atoms with van der Waals surface area (Å²) >= 11 is 0. The van der Waals surface area contributed by atoms with Crippen LogP contribution in [-0.2, 0) is 31.0 Å². The quantitative estimate of drug-likeness (QED) is 0.346. The first-order valence-electron chi connectivity index (χ1n) is 11.9. The molecule has 4 aromatic rings. The molecule has 8 nitrogen and oxygen atoms in total. The first-order chi connectivity index (χ1) is 18.5. The van der Waals surface area contributed by atoms with Crippen molar-refractivity contribution >= 4 is 17.5 Å². The van der Waals surface area contributed by atoms with Gasteiger partial charge in [-0.2, -0.15) is 13.2 Å². The van der Waals surface area contributed by atoms with E-state index in [4.69, 9.17) is 0 Å². The van der Waals surface area contributed by atoms with Gasteiger partial charge in [0.05, 0.1) is 31.6 Å². The molecule has 3 aromatic heterocycles. The minimum Gasteiger partial charge on any atom is -0.344 e. The molecular formula is C26H20F5N7O. The van der Waals surface area contributed by atoms with Crippen LogP contribution >= 0.6 is 0 Å². The second-order valence-electron chi connectivity index (χ2n) is 9.54. The number of amides is 1. The predicted molar refractivity (Wildman–Crippen MR) is 131 cm³/mol. The van der Waals surface area contributed by atoms with Gasteiger partial charge in [0.25, 0.3) is 5.92 Å². The maximum absolute atomic E-state index is 13.5. The molecule has 0 saturated carbocycles. The van der Waals surface area contributed by atoms with Crippen LogP contribution in [0.25, 0.3) is 22.8 Å². The number of benzene rings is 1. The summed E-state index contributed by atoms with van der Waals surface area (Å²) in [7, 11) is 1.49. The van der Waals surface area contributed by atoms with Gasteiger partial charge in [0.1, 0.15) is 17.5 Å². The highest BCUT2D eigenvalue weighted by molar-refractivity contribution is 6.00. The molecule has 200 valence electrons. The highest BCUT2D eigenvalue weighted by atomic mass is 19.4. The molecule has 0 atom stereocenters. The molecule has 0 unspecified atom stereocenters. The SMILES string of the molecule is Cn1cc(C(F)(F)F)nc1-c1ccc(CN2C(=O)Cc3cnc(-c4cccnc4N4CC(F)(F)C4)nc32)cc1. The lowest BCUT2D eigenvalue weighted by atomic mass is 10.1. The molecule has 1 amide bonds. The molecule has 2 aliphatic rings. The van der Waals surface area contributed by atoms with Crippen LogP contribution in [0.15, 0.2) is 55.0 Å². The van der Waals surface area contributed by atoms with Gasteiger partial charge in [0.2, 0.25) is 5.91 Å². The van der Waals surface area contributed by atoms with Gasteiger partial charge < -0.3 is 9.47 Å². The fourth-order valence-corrected chi connectivity index (χ4v) is 4.72. The number of halogens is 5. The molecule has 6 rings (SSSR count). The van der Waals surface area contributed by atoms with E-state index in [0.29, 0.717) is 28.3 Å². The van der Waals surface area contributed by atoms with Crippen LogP contribution in [0, 0.1) is 0 Å². The Labute approximate surface area is 218 Å². The van der Waals surface area contributed by atoms with E-state index in [0.717, 1.165) is 11.8 Å². The Bertz CT molecular complexity index is 1570. The molecule has 39 heavy (non-hydrogen) atoms. The van der Waals surface area contributed by atoms with E-state index >= 15 is 0 Å². The maximum Gasteiger partial charge on any atom is 0.434 e. The first-order valence-corrected chi connectivity index (χ1v) is 11.9. The Kier molecular flexibility index (Phi) is 5.63. The Hall–Kier alpha value is -4.42. The van der Waals surface area contributed by atoms with Gasteiger partial charge in [-0.3, -0.25) is 9.69 Å². The van der Waals surface area contributed by atoms with Crippen LogP contribution in [0.3, 0.4) is 0 Å². The van der Waals surface area contributed by atoms with Crippen molar-refractivity contribution in [3.63, 3.8) is 0 Å². The van der Waals surface area contributed by atoms with Crippen LogP contribution in [0.4, 0.5) is 33.6 Å². The lowest BCUT2D eigenvalue weighted by Crippen LogP contribution is -2.56. The van der Waals surface area contributed by atoms with Crippen LogP contribution in [0.1, 0.15) is 16.8 Å². The van der Waals surface area contributed by atoms with Crippen molar-refractivity contribution in [1.29, 1.82) is 0 Å². The number of hydrogen-bond acceptors (Lipinski definition) is 6. The zero-order chi connectivity index (χ0) is 27.5. The second-order valence-corrected chi connectivity index (χ2v) is 9.54. The highest BCUT2D eigenvalue weighted by Gasteiger charge is 2.45. The number of anilines is 2. The fraction of sp³-hybridized carbons (Fsp3) is 0.269. The largest absolute Gasteiger partial charge is 0.434 e. The molecule has 2 aliphatic heterocycles. The maximum atomic E-state index is 13.5. The van der Waals surface area contributed by atoms with Crippen molar-refractivity contribution in [1.82, 2.24) is 24.5 Å². The van der Waals surface area contributed by atoms with Crippen molar-refractivity contribution in [2.45, 2.75) is 25.1 Å². The predicted octanol–water partition coefficient (Wildman–Crippen LogP) is 4.50. The summed E-state index contributed by atoms with van der Waals surface area (Å²) in [5.41, 5.74) is 1.37. The molecule has 1 saturated heterocycles. The minimum atomic E-state index is -4.54. The summed E-state index contributed by atoms with van der Waals surface area (Å²) in [6.45, 7) is -0.716. The van der Waals surface area contributed by atoms with Gasteiger partial charge >= 0.3 is 6.18 Å². The lowest BCUT2D eigenvalue weighted by Gasteiger charge is -2.40. The Morgan fingerprint density at radius 2 is 1.74 bits per heavy atom. The summed E-state index contributed by atoms with van der Waals surface area (Å²) < 4.78 is 67.4. The van der Waals surface area contributed by atoms with Crippen molar-refractivity contribution in [3.05, 3.63) is 71.8 Å². The van der Waals surface area contributed by atoms with E-state index in [-0.39, 0.29) is 30.5 Å². The van der Waals surface area contributed by atoms with E-state index in [9.17, 15) is 26.7 Å². The first kappa shape index (κ1) is 24.9. The third-order valence-corrected chi connectivity index (χ3v) is 6.63. The van der Waals surface area contributed by atoms with E-state index in [1.54, 1.807) is 42.6 Å². The van der Waals surface area contributed by atoms with E-state index < -0.39 is 30.9 Å². The molecule has 0 aliphatic carbocycles. The number of nitrogens with zero attached hydrogens (tertiary/aromatic N) is 7. The third kappa shape index (κ3) is 4.57. The van der Waals surface area contributed by atoms with Gasteiger partial charge in [-0.25, -0.2) is 28.7 Å². The van der Waals surface area contributed by atoms with Gasteiger partial charge in [0, 0.05) is 36.8 Å². The van der Waals surface area contributed by atoms with E-state index in [2.05, 4.69) is 19.9 Å². The molecule has 0 radical (unpaired) electrons. The van der Waals surface area contributed by atoms with Gasteiger partial charge in [-0.05, 0) is 17.7 Å². The Morgan fingerprint density at radius 1 is 1.00 bits per heavy atom. The van der Waals surface area contributed by atoms with Crippen molar-refractivity contribution < 1.29 is 26.7 Å². The van der Waals surface area contributed by atoms with Crippen LogP contribution in [0.2, 0.25) is 0 Å². The molecule has 5 heterocycles. The molecule has 0 bridgehead atoms. The molecule has 0 N–H and O–H groups in total. The normalized spacial score (nSPS) is 16.4. The number of aromatic nitrogens is 5. The number of pyridine rings is 1. The fourth-order valence-electron chi connectivity index (χ4n) is 4.72. The van der Waals surface area contributed by atoms with Crippen molar-refractivity contribution in [3.8, 4) is 22.8 Å². The van der Waals surface area contributed by atoms with Crippen LogP contribution < -0.4 is 9.80 Å². The standard InChI is InChI=1S/C26H20F5N7O/c1-36-12-19(26(29,30)31)34-22(36)16-6-4-15(5-7-16)11-38-20(39)9-17-10-33-21(35-23(17)38)18-3-2-8-32-24(18)37-13-25(27,28)14-37/h2-8,10,12H,9,11,13-14H2,1H3. The van der Waals surface area contributed by atoms with Crippen LogP contribution in [-0.4, -0.2) is 49.4 Å². The number of carbonyl (C=O) groups is 1. The zero-order valence-electron chi connectivity index (χ0n) is 20.5. The molecule has 1 aromatic carbocycles. The average Bonchev–Trinajstić information content (AvgIpc) is 3.42. The van der Waals surface area contributed by atoms with Gasteiger partial charge in [0.15, 0.2) is 11.5 Å². The van der Waals surface area contributed by atoms with E-state index in [1.807, 2.05) is 0 Å². The Morgan fingerprint density at radius 3 is 2.41 bits per heavy atom. The molecule has 13 heteroatoms. The van der Waals surface area contributed by atoms with Gasteiger partial charge in [-0.15, -0.1) is 0 Å².